The fourth-order valence-electron chi connectivity index (χ4n) is 4.69. The predicted octanol–water partition coefficient (Wildman–Crippen LogP) is 7.20. The van der Waals surface area contributed by atoms with Crippen molar-refractivity contribution in [1.29, 1.82) is 0 Å². The van der Waals surface area contributed by atoms with Crippen molar-refractivity contribution in [1.82, 2.24) is 0 Å². The molecule has 3 aromatic rings. The molecule has 0 aromatic heterocycles. The highest BCUT2D eigenvalue weighted by molar-refractivity contribution is 5.87. The van der Waals surface area contributed by atoms with Gasteiger partial charge in [0.15, 0.2) is 12.2 Å². The van der Waals surface area contributed by atoms with E-state index >= 15 is 0 Å². The standard InChI is InChI=1S/C44H58O12/c1-35(2)43(45)55-41(33-53-37-16-7-5-8-17-37)31-49-24-13-11-22-47-26-28-51-39-20-15-21-40(30-39)52-29-27-48-23-12-14-25-50-32-42(56-44(46)36(3)4)34-54-38-18-9-6-10-19-38/h5-10,15-21,30,41-42H,1,3,11-14,22-29,31-34H2,2,4H3. The van der Waals surface area contributed by atoms with Gasteiger partial charge < -0.3 is 47.4 Å². The lowest BCUT2D eigenvalue weighted by atomic mass is 10.3. The molecule has 0 saturated carbocycles. The van der Waals surface area contributed by atoms with Crippen LogP contribution in [0, 0.1) is 0 Å². The average molecular weight is 779 g/mol. The first-order chi connectivity index (χ1) is 27.3. The van der Waals surface area contributed by atoms with E-state index in [9.17, 15) is 9.59 Å². The molecule has 0 heterocycles. The van der Waals surface area contributed by atoms with Gasteiger partial charge in [0.25, 0.3) is 0 Å². The topological polar surface area (TPSA) is 126 Å². The van der Waals surface area contributed by atoms with Crippen LogP contribution in [0.2, 0.25) is 0 Å². The third-order valence-electron chi connectivity index (χ3n) is 7.66. The van der Waals surface area contributed by atoms with Gasteiger partial charge in [0.05, 0.1) is 26.4 Å². The lowest BCUT2D eigenvalue weighted by molar-refractivity contribution is -0.150. The first-order valence-corrected chi connectivity index (χ1v) is 19.1. The molecule has 56 heavy (non-hydrogen) atoms. The molecule has 0 spiro atoms. The average Bonchev–Trinajstić information content (AvgIpc) is 3.20. The summed E-state index contributed by atoms with van der Waals surface area (Å²) in [6.45, 7) is 15.2. The number of para-hydroxylation sites is 2. The first-order valence-electron chi connectivity index (χ1n) is 19.1. The van der Waals surface area contributed by atoms with Gasteiger partial charge in [-0.2, -0.15) is 0 Å². The number of hydrogen-bond acceptors (Lipinski definition) is 12. The summed E-state index contributed by atoms with van der Waals surface area (Å²) in [7, 11) is 0. The maximum Gasteiger partial charge on any atom is 0.333 e. The molecule has 2 atom stereocenters. The number of hydrogen-bond donors (Lipinski definition) is 0. The van der Waals surface area contributed by atoms with E-state index < -0.39 is 24.1 Å². The summed E-state index contributed by atoms with van der Waals surface area (Å²) in [5.74, 6) is 1.84. The molecule has 306 valence electrons. The van der Waals surface area contributed by atoms with Crippen LogP contribution in [0.5, 0.6) is 23.0 Å². The summed E-state index contributed by atoms with van der Waals surface area (Å²) in [6.07, 6.45) is 2.12. The fraction of sp³-hybridized carbons (Fsp3) is 0.455. The summed E-state index contributed by atoms with van der Waals surface area (Å²) >= 11 is 0. The van der Waals surface area contributed by atoms with Crippen LogP contribution in [-0.4, -0.2) is 103 Å². The molecule has 0 amide bonds. The number of esters is 2. The molecular weight excluding hydrogens is 720 g/mol. The lowest BCUT2D eigenvalue weighted by Crippen LogP contribution is -2.30. The van der Waals surface area contributed by atoms with E-state index in [0.29, 0.717) is 87.0 Å². The molecule has 0 bridgehead atoms. The normalized spacial score (nSPS) is 11.9. The maximum atomic E-state index is 12.0. The molecule has 2 unspecified atom stereocenters. The van der Waals surface area contributed by atoms with Crippen LogP contribution in [0.4, 0.5) is 0 Å². The minimum Gasteiger partial charge on any atom is -0.491 e. The minimum absolute atomic E-state index is 0.183. The molecule has 0 aliphatic heterocycles. The van der Waals surface area contributed by atoms with E-state index in [-0.39, 0.29) is 26.4 Å². The van der Waals surface area contributed by atoms with Crippen molar-refractivity contribution in [3.05, 3.63) is 109 Å². The van der Waals surface area contributed by atoms with Gasteiger partial charge in [-0.05, 0) is 75.9 Å². The Hall–Kier alpha value is -4.88. The molecule has 0 saturated heterocycles. The zero-order chi connectivity index (χ0) is 40.1. The van der Waals surface area contributed by atoms with Crippen molar-refractivity contribution in [2.24, 2.45) is 0 Å². The number of rotatable bonds is 32. The summed E-state index contributed by atoms with van der Waals surface area (Å²) in [4.78, 5) is 24.1. The fourth-order valence-corrected chi connectivity index (χ4v) is 4.69. The highest BCUT2D eigenvalue weighted by Gasteiger charge is 2.18. The highest BCUT2D eigenvalue weighted by Crippen LogP contribution is 2.19. The van der Waals surface area contributed by atoms with Gasteiger partial charge in [-0.15, -0.1) is 0 Å². The molecule has 0 aliphatic carbocycles. The Morgan fingerprint density at radius 2 is 0.821 bits per heavy atom. The second-order valence-corrected chi connectivity index (χ2v) is 12.8. The van der Waals surface area contributed by atoms with Gasteiger partial charge in [0.2, 0.25) is 0 Å². The van der Waals surface area contributed by atoms with Crippen molar-refractivity contribution >= 4 is 11.9 Å². The minimum atomic E-state index is -0.547. The van der Waals surface area contributed by atoms with Crippen LogP contribution in [0.3, 0.4) is 0 Å². The van der Waals surface area contributed by atoms with Crippen LogP contribution in [-0.2, 0) is 38.0 Å². The van der Waals surface area contributed by atoms with Gasteiger partial charge >= 0.3 is 11.9 Å². The van der Waals surface area contributed by atoms with Gasteiger partial charge in [0.1, 0.15) is 49.4 Å². The van der Waals surface area contributed by atoms with Crippen LogP contribution in [0.1, 0.15) is 39.5 Å². The molecule has 12 nitrogen and oxygen atoms in total. The molecule has 12 heteroatoms. The third-order valence-corrected chi connectivity index (χ3v) is 7.66. The van der Waals surface area contributed by atoms with Crippen molar-refractivity contribution in [2.45, 2.75) is 51.7 Å². The molecule has 3 rings (SSSR count). The van der Waals surface area contributed by atoms with Crippen LogP contribution >= 0.6 is 0 Å². The summed E-state index contributed by atoms with van der Waals surface area (Å²) in [6, 6.07) is 26.1. The van der Waals surface area contributed by atoms with Gasteiger partial charge in [-0.3, -0.25) is 0 Å². The Bertz CT molecular complexity index is 1420. The predicted molar refractivity (Wildman–Crippen MR) is 212 cm³/mol. The van der Waals surface area contributed by atoms with Crippen LogP contribution in [0.25, 0.3) is 0 Å². The number of carbonyl (C=O) groups excluding carboxylic acids is 2. The highest BCUT2D eigenvalue weighted by atomic mass is 16.6. The van der Waals surface area contributed by atoms with E-state index in [0.717, 1.165) is 25.7 Å². The maximum absolute atomic E-state index is 12.0. The molecule has 0 aliphatic rings. The molecular formula is C44H58O12. The molecule has 0 N–H and O–H groups in total. The lowest BCUT2D eigenvalue weighted by Gasteiger charge is -2.19. The van der Waals surface area contributed by atoms with E-state index in [4.69, 9.17) is 47.4 Å². The van der Waals surface area contributed by atoms with E-state index in [1.54, 1.807) is 13.8 Å². The van der Waals surface area contributed by atoms with E-state index in [1.807, 2.05) is 84.9 Å². The summed E-state index contributed by atoms with van der Waals surface area (Å²) in [5, 5.41) is 0. The Kier molecular flexibility index (Phi) is 23.2. The number of benzene rings is 3. The van der Waals surface area contributed by atoms with E-state index in [2.05, 4.69) is 13.2 Å². The largest absolute Gasteiger partial charge is 0.491 e. The first kappa shape index (κ1) is 45.5. The Balaban J connectivity index is 1.16. The molecule has 0 fully saturated rings. The number of unbranched alkanes of at least 4 members (excludes halogenated alkanes) is 2. The number of ether oxygens (including phenoxy) is 10. The van der Waals surface area contributed by atoms with Gasteiger partial charge in [0, 0.05) is 43.6 Å². The Morgan fingerprint density at radius 1 is 0.446 bits per heavy atom. The van der Waals surface area contributed by atoms with Gasteiger partial charge in [-0.1, -0.05) is 55.6 Å². The molecule has 3 aromatic carbocycles. The quantitative estimate of drug-likeness (QED) is 0.0361. The van der Waals surface area contributed by atoms with Crippen molar-refractivity contribution in [3.63, 3.8) is 0 Å². The number of carbonyl (C=O) groups is 2. The van der Waals surface area contributed by atoms with Crippen molar-refractivity contribution in [3.8, 4) is 23.0 Å². The van der Waals surface area contributed by atoms with E-state index in [1.165, 1.54) is 0 Å². The summed E-state index contributed by atoms with van der Waals surface area (Å²) < 4.78 is 57.0. The molecule has 0 radical (unpaired) electrons. The van der Waals surface area contributed by atoms with Crippen LogP contribution in [0.15, 0.2) is 109 Å². The summed E-state index contributed by atoms with van der Waals surface area (Å²) in [5.41, 5.74) is 0.648. The zero-order valence-corrected chi connectivity index (χ0v) is 32.9. The smallest absolute Gasteiger partial charge is 0.333 e. The SMILES string of the molecule is C=C(C)C(=O)OC(COCCCCOCCOc1cccc(OCCOCCCCOCC(COc2ccccc2)OC(=O)C(=C)C)c1)COc1ccccc1. The monoisotopic (exact) mass is 778 g/mol. The van der Waals surface area contributed by atoms with Crippen molar-refractivity contribution < 1.29 is 57.0 Å². The zero-order valence-electron chi connectivity index (χ0n) is 32.9. The van der Waals surface area contributed by atoms with Crippen molar-refractivity contribution in [2.75, 3.05) is 79.3 Å². The van der Waals surface area contributed by atoms with Crippen LogP contribution < -0.4 is 18.9 Å². The third kappa shape index (κ3) is 21.3. The Morgan fingerprint density at radius 3 is 1.21 bits per heavy atom. The second kappa shape index (κ2) is 28.5. The second-order valence-electron chi connectivity index (χ2n) is 12.8. The Labute approximate surface area is 331 Å². The van der Waals surface area contributed by atoms with Gasteiger partial charge in [-0.25, -0.2) is 9.59 Å².